The third kappa shape index (κ3) is 4.56. The SMILES string of the molecule is COCCC(C)Nc1ccc(S(N)(=O)=O)cc1Br. The van der Waals surface area contributed by atoms with Crippen LogP contribution >= 0.6 is 15.9 Å². The van der Waals surface area contributed by atoms with Gasteiger partial charge in [-0.25, -0.2) is 13.6 Å². The number of rotatable bonds is 6. The second-order valence-electron chi connectivity index (χ2n) is 4.01. The molecule has 1 atom stereocenters. The molecule has 0 saturated heterocycles. The number of ether oxygens (including phenoxy) is 1. The Balaban J connectivity index is 2.80. The lowest BCUT2D eigenvalue weighted by molar-refractivity contribution is 0.191. The van der Waals surface area contributed by atoms with Crippen LogP contribution in [0.25, 0.3) is 0 Å². The van der Waals surface area contributed by atoms with Crippen LogP contribution in [0.5, 0.6) is 0 Å². The molecule has 7 heteroatoms. The molecule has 0 bridgehead atoms. The van der Waals surface area contributed by atoms with E-state index >= 15 is 0 Å². The predicted octanol–water partition coefficient (Wildman–Crippen LogP) is 1.93. The molecule has 0 spiro atoms. The summed E-state index contributed by atoms with van der Waals surface area (Å²) in [6, 6.07) is 4.88. The van der Waals surface area contributed by atoms with Crippen molar-refractivity contribution < 1.29 is 13.2 Å². The van der Waals surface area contributed by atoms with Crippen LogP contribution in [0.1, 0.15) is 13.3 Å². The number of anilines is 1. The number of methoxy groups -OCH3 is 1. The Kier molecular flexibility index (Phi) is 5.58. The van der Waals surface area contributed by atoms with Crippen LogP contribution in [-0.4, -0.2) is 28.2 Å². The number of halogens is 1. The van der Waals surface area contributed by atoms with Gasteiger partial charge in [-0.2, -0.15) is 0 Å². The molecule has 0 heterocycles. The van der Waals surface area contributed by atoms with Crippen molar-refractivity contribution in [3.05, 3.63) is 22.7 Å². The van der Waals surface area contributed by atoms with Crippen molar-refractivity contribution >= 4 is 31.6 Å². The zero-order chi connectivity index (χ0) is 13.8. The minimum Gasteiger partial charge on any atom is -0.385 e. The van der Waals surface area contributed by atoms with Crippen LogP contribution in [0.4, 0.5) is 5.69 Å². The van der Waals surface area contributed by atoms with E-state index in [1.807, 2.05) is 6.92 Å². The highest BCUT2D eigenvalue weighted by molar-refractivity contribution is 9.10. The third-order valence-electron chi connectivity index (χ3n) is 2.43. The molecule has 0 aliphatic rings. The van der Waals surface area contributed by atoms with E-state index < -0.39 is 10.0 Å². The number of sulfonamides is 1. The quantitative estimate of drug-likeness (QED) is 0.831. The van der Waals surface area contributed by atoms with Crippen molar-refractivity contribution in [1.29, 1.82) is 0 Å². The van der Waals surface area contributed by atoms with Gasteiger partial charge in [-0.3, -0.25) is 0 Å². The summed E-state index contributed by atoms with van der Waals surface area (Å²) in [7, 11) is -2.01. The highest BCUT2D eigenvalue weighted by Crippen LogP contribution is 2.26. The van der Waals surface area contributed by atoms with E-state index in [9.17, 15) is 8.42 Å². The Hall–Kier alpha value is -0.630. The highest BCUT2D eigenvalue weighted by atomic mass is 79.9. The number of nitrogens with one attached hydrogen (secondary N) is 1. The largest absolute Gasteiger partial charge is 0.385 e. The normalized spacial score (nSPS) is 13.3. The first-order valence-electron chi connectivity index (χ1n) is 5.42. The molecule has 3 N–H and O–H groups in total. The molecule has 1 aromatic rings. The third-order valence-corrected chi connectivity index (χ3v) is 3.99. The Morgan fingerprint density at radius 2 is 2.17 bits per heavy atom. The van der Waals surface area contributed by atoms with Gasteiger partial charge in [0.1, 0.15) is 0 Å². The summed E-state index contributed by atoms with van der Waals surface area (Å²) < 4.78 is 28.0. The Labute approximate surface area is 116 Å². The summed E-state index contributed by atoms with van der Waals surface area (Å²) in [6.07, 6.45) is 0.861. The Bertz CT molecular complexity index is 505. The van der Waals surface area contributed by atoms with Crippen molar-refractivity contribution in [2.24, 2.45) is 5.14 Å². The molecule has 18 heavy (non-hydrogen) atoms. The van der Waals surface area contributed by atoms with Crippen molar-refractivity contribution in [2.45, 2.75) is 24.3 Å². The lowest BCUT2D eigenvalue weighted by Crippen LogP contribution is -2.18. The van der Waals surface area contributed by atoms with E-state index in [1.165, 1.54) is 12.1 Å². The number of hydrogen-bond donors (Lipinski definition) is 2. The zero-order valence-electron chi connectivity index (χ0n) is 10.3. The average Bonchev–Trinajstić information content (AvgIpc) is 2.27. The number of primary sulfonamides is 1. The molecule has 5 nitrogen and oxygen atoms in total. The molecule has 0 aliphatic heterocycles. The van der Waals surface area contributed by atoms with E-state index in [-0.39, 0.29) is 10.9 Å². The number of nitrogens with two attached hydrogens (primary N) is 1. The molecule has 0 saturated carbocycles. The summed E-state index contributed by atoms with van der Waals surface area (Å²) in [5.41, 5.74) is 0.825. The van der Waals surface area contributed by atoms with Gasteiger partial charge in [0.2, 0.25) is 10.0 Å². The first kappa shape index (κ1) is 15.4. The molecule has 102 valence electrons. The fraction of sp³-hybridized carbons (Fsp3) is 0.455. The van der Waals surface area contributed by atoms with Gasteiger partial charge >= 0.3 is 0 Å². The molecule has 0 aromatic heterocycles. The maximum absolute atomic E-state index is 11.2. The van der Waals surface area contributed by atoms with Gasteiger partial charge in [-0.05, 0) is 47.5 Å². The summed E-state index contributed by atoms with van der Waals surface area (Å²) in [5.74, 6) is 0. The topological polar surface area (TPSA) is 81.4 Å². The van der Waals surface area contributed by atoms with Crippen LogP contribution in [0.15, 0.2) is 27.6 Å². The molecule has 0 fully saturated rings. The first-order valence-corrected chi connectivity index (χ1v) is 7.76. The molecule has 0 amide bonds. The molecular weight excluding hydrogens is 320 g/mol. The van der Waals surface area contributed by atoms with Crippen LogP contribution < -0.4 is 10.5 Å². The number of benzene rings is 1. The Morgan fingerprint density at radius 3 is 2.67 bits per heavy atom. The minimum atomic E-state index is -3.66. The van der Waals surface area contributed by atoms with Gasteiger partial charge in [-0.15, -0.1) is 0 Å². The van der Waals surface area contributed by atoms with Crippen molar-refractivity contribution in [3.63, 3.8) is 0 Å². The maximum Gasteiger partial charge on any atom is 0.238 e. The highest BCUT2D eigenvalue weighted by Gasteiger charge is 2.11. The fourth-order valence-corrected chi connectivity index (χ4v) is 2.61. The van der Waals surface area contributed by atoms with Crippen LogP contribution in [0.3, 0.4) is 0 Å². The summed E-state index contributed by atoms with van der Waals surface area (Å²) in [4.78, 5) is 0.0875. The Morgan fingerprint density at radius 1 is 1.50 bits per heavy atom. The molecule has 0 radical (unpaired) electrons. The lowest BCUT2D eigenvalue weighted by atomic mass is 10.2. The standard InChI is InChI=1S/C11H17BrN2O3S/c1-8(5-6-17-2)14-11-4-3-9(7-10(11)12)18(13,15)16/h3-4,7-8,14H,5-6H2,1-2H3,(H2,13,15,16). The molecule has 0 aliphatic carbocycles. The molecule has 1 aromatic carbocycles. The van der Waals surface area contributed by atoms with E-state index in [0.29, 0.717) is 11.1 Å². The van der Waals surface area contributed by atoms with Gasteiger partial charge in [-0.1, -0.05) is 0 Å². The summed E-state index contributed by atoms with van der Waals surface area (Å²) in [5, 5.41) is 8.32. The minimum absolute atomic E-state index is 0.0875. The van der Waals surface area contributed by atoms with E-state index in [2.05, 4.69) is 21.2 Å². The smallest absolute Gasteiger partial charge is 0.238 e. The lowest BCUT2D eigenvalue weighted by Gasteiger charge is -2.16. The average molecular weight is 337 g/mol. The summed E-state index contributed by atoms with van der Waals surface area (Å²) in [6.45, 7) is 2.69. The molecule has 1 unspecified atom stereocenters. The van der Waals surface area contributed by atoms with E-state index in [4.69, 9.17) is 9.88 Å². The van der Waals surface area contributed by atoms with Gasteiger partial charge in [0, 0.05) is 29.9 Å². The maximum atomic E-state index is 11.2. The second-order valence-corrected chi connectivity index (χ2v) is 6.43. The van der Waals surface area contributed by atoms with Crippen molar-refractivity contribution in [2.75, 3.05) is 19.0 Å². The van der Waals surface area contributed by atoms with Crippen molar-refractivity contribution in [3.8, 4) is 0 Å². The zero-order valence-corrected chi connectivity index (χ0v) is 12.7. The van der Waals surface area contributed by atoms with Crippen LogP contribution in [-0.2, 0) is 14.8 Å². The van der Waals surface area contributed by atoms with Gasteiger partial charge in [0.15, 0.2) is 0 Å². The molecule has 1 rings (SSSR count). The van der Waals surface area contributed by atoms with Crippen molar-refractivity contribution in [1.82, 2.24) is 0 Å². The number of hydrogen-bond acceptors (Lipinski definition) is 4. The second kappa shape index (κ2) is 6.51. The van der Waals surface area contributed by atoms with Gasteiger partial charge in [0.25, 0.3) is 0 Å². The molecular formula is C11H17BrN2O3S. The first-order chi connectivity index (χ1) is 8.34. The van der Waals surface area contributed by atoms with Gasteiger partial charge in [0.05, 0.1) is 4.90 Å². The predicted molar refractivity (Wildman–Crippen MR) is 75.1 cm³/mol. The fourth-order valence-electron chi connectivity index (χ4n) is 1.42. The van der Waals surface area contributed by atoms with Gasteiger partial charge < -0.3 is 10.1 Å². The van der Waals surface area contributed by atoms with E-state index in [1.54, 1.807) is 13.2 Å². The van der Waals surface area contributed by atoms with E-state index in [0.717, 1.165) is 12.1 Å². The van der Waals surface area contributed by atoms with Crippen LogP contribution in [0.2, 0.25) is 0 Å². The monoisotopic (exact) mass is 336 g/mol. The van der Waals surface area contributed by atoms with Crippen LogP contribution in [0, 0.1) is 0 Å². The summed E-state index contributed by atoms with van der Waals surface area (Å²) >= 11 is 3.32.